The van der Waals surface area contributed by atoms with Gasteiger partial charge in [-0.3, -0.25) is 9.69 Å². The molecule has 1 N–H and O–H groups in total. The first-order valence-corrected chi connectivity index (χ1v) is 10.4. The van der Waals surface area contributed by atoms with Gasteiger partial charge in [-0.25, -0.2) is 0 Å². The van der Waals surface area contributed by atoms with Gasteiger partial charge in [0.2, 0.25) is 0 Å². The molecular weight excluding hydrogens is 420 g/mol. The van der Waals surface area contributed by atoms with Crippen LogP contribution in [0.5, 0.6) is 11.5 Å². The molecule has 0 aliphatic carbocycles. The molecule has 0 bridgehead atoms. The Morgan fingerprint density at radius 3 is 2.43 bits per heavy atom. The Labute approximate surface area is 175 Å². The molecule has 0 radical (unpaired) electrons. The lowest BCUT2D eigenvalue weighted by atomic mass is 10.0. The molecule has 0 aromatic heterocycles. The number of hydrogen-bond donors (Lipinski definition) is 1. The first-order valence-electron chi connectivity index (χ1n) is 9.58. The molecule has 0 spiro atoms. The van der Waals surface area contributed by atoms with Crippen LogP contribution in [0.15, 0.2) is 46.9 Å². The van der Waals surface area contributed by atoms with E-state index in [2.05, 4.69) is 38.3 Å². The summed E-state index contributed by atoms with van der Waals surface area (Å²) in [4.78, 5) is 15.1. The van der Waals surface area contributed by atoms with Gasteiger partial charge in [0, 0.05) is 18.2 Å². The van der Waals surface area contributed by atoms with Crippen molar-refractivity contribution in [2.75, 3.05) is 40.4 Å². The largest absolute Gasteiger partial charge is 0.497 e. The van der Waals surface area contributed by atoms with Gasteiger partial charge >= 0.3 is 0 Å². The maximum Gasteiger partial charge on any atom is 0.176 e. The van der Waals surface area contributed by atoms with E-state index in [1.807, 2.05) is 24.3 Å². The molecule has 1 fully saturated rings. The zero-order valence-corrected chi connectivity index (χ0v) is 18.0. The van der Waals surface area contributed by atoms with E-state index in [-0.39, 0.29) is 11.8 Å². The molecule has 1 saturated heterocycles. The van der Waals surface area contributed by atoms with E-state index in [4.69, 9.17) is 9.47 Å². The Balaban J connectivity index is 1.63. The van der Waals surface area contributed by atoms with E-state index >= 15 is 0 Å². The second kappa shape index (κ2) is 10.0. The number of ketones is 1. The number of carbonyl (C=O) groups is 1. The monoisotopic (exact) mass is 446 g/mol. The molecular formula is C22H27BrN2O3. The lowest BCUT2D eigenvalue weighted by Gasteiger charge is -2.28. The van der Waals surface area contributed by atoms with E-state index in [1.165, 1.54) is 18.4 Å². The van der Waals surface area contributed by atoms with Crippen molar-refractivity contribution in [2.45, 2.75) is 18.9 Å². The molecule has 1 heterocycles. The SMILES string of the molecule is COc1ccc(C(CNCC(=O)c2ccc(OC)c(Br)c2)N2CCCC2)cc1. The third-order valence-electron chi connectivity index (χ3n) is 5.18. The molecule has 1 unspecified atom stereocenters. The van der Waals surface area contributed by atoms with Crippen LogP contribution in [0.4, 0.5) is 0 Å². The second-order valence-electron chi connectivity index (χ2n) is 6.94. The van der Waals surface area contributed by atoms with Gasteiger partial charge in [0.15, 0.2) is 5.78 Å². The minimum atomic E-state index is 0.0678. The van der Waals surface area contributed by atoms with Crippen molar-refractivity contribution in [3.8, 4) is 11.5 Å². The van der Waals surface area contributed by atoms with Gasteiger partial charge in [-0.15, -0.1) is 0 Å². The summed E-state index contributed by atoms with van der Waals surface area (Å²) in [5.41, 5.74) is 1.91. The summed E-state index contributed by atoms with van der Waals surface area (Å²) in [5, 5.41) is 3.37. The Kier molecular flexibility index (Phi) is 7.48. The lowest BCUT2D eigenvalue weighted by molar-refractivity contribution is 0.0987. The van der Waals surface area contributed by atoms with Crippen LogP contribution < -0.4 is 14.8 Å². The smallest absolute Gasteiger partial charge is 0.176 e. The Morgan fingerprint density at radius 2 is 1.82 bits per heavy atom. The highest BCUT2D eigenvalue weighted by Crippen LogP contribution is 2.27. The maximum absolute atomic E-state index is 12.6. The van der Waals surface area contributed by atoms with Crippen LogP contribution >= 0.6 is 15.9 Å². The summed E-state index contributed by atoms with van der Waals surface area (Å²) in [5.74, 6) is 1.65. The molecule has 0 amide bonds. The predicted molar refractivity (Wildman–Crippen MR) is 114 cm³/mol. The Hall–Kier alpha value is -1.89. The van der Waals surface area contributed by atoms with Crippen molar-refractivity contribution in [1.82, 2.24) is 10.2 Å². The number of nitrogens with zero attached hydrogens (tertiary/aromatic N) is 1. The summed E-state index contributed by atoms with van der Waals surface area (Å²) in [6.07, 6.45) is 2.46. The lowest BCUT2D eigenvalue weighted by Crippen LogP contribution is -2.36. The average molecular weight is 447 g/mol. The Bertz CT molecular complexity index is 789. The number of rotatable bonds is 9. The van der Waals surface area contributed by atoms with E-state index in [0.717, 1.165) is 35.6 Å². The van der Waals surface area contributed by atoms with Crippen molar-refractivity contribution in [2.24, 2.45) is 0 Å². The van der Waals surface area contributed by atoms with Gasteiger partial charge < -0.3 is 14.8 Å². The van der Waals surface area contributed by atoms with Gasteiger partial charge in [-0.05, 0) is 77.8 Å². The summed E-state index contributed by atoms with van der Waals surface area (Å²) in [6, 6.07) is 13.9. The van der Waals surface area contributed by atoms with Gasteiger partial charge in [0.1, 0.15) is 11.5 Å². The van der Waals surface area contributed by atoms with E-state index in [1.54, 1.807) is 20.3 Å². The number of hydrogen-bond acceptors (Lipinski definition) is 5. The zero-order chi connectivity index (χ0) is 19.9. The van der Waals surface area contributed by atoms with Crippen LogP contribution in [-0.2, 0) is 0 Å². The van der Waals surface area contributed by atoms with Crippen LogP contribution in [0, 0.1) is 0 Å². The standard InChI is InChI=1S/C22H27BrN2O3/c1-27-18-8-5-16(6-9-18)20(25-11-3-4-12-25)14-24-15-21(26)17-7-10-22(28-2)19(23)13-17/h5-10,13,20,24H,3-4,11-12,14-15H2,1-2H3. The second-order valence-corrected chi connectivity index (χ2v) is 7.79. The van der Waals surface area contributed by atoms with Crippen molar-refractivity contribution >= 4 is 21.7 Å². The molecule has 28 heavy (non-hydrogen) atoms. The fourth-order valence-corrected chi connectivity index (χ4v) is 4.14. The van der Waals surface area contributed by atoms with Crippen LogP contribution in [0.2, 0.25) is 0 Å². The quantitative estimate of drug-likeness (QED) is 0.588. The third-order valence-corrected chi connectivity index (χ3v) is 5.80. The highest BCUT2D eigenvalue weighted by atomic mass is 79.9. The molecule has 3 rings (SSSR count). The zero-order valence-electron chi connectivity index (χ0n) is 16.4. The van der Waals surface area contributed by atoms with Crippen molar-refractivity contribution in [3.63, 3.8) is 0 Å². The van der Waals surface area contributed by atoms with Crippen molar-refractivity contribution in [1.29, 1.82) is 0 Å². The highest BCUT2D eigenvalue weighted by Gasteiger charge is 2.23. The van der Waals surface area contributed by atoms with Crippen LogP contribution in [0.1, 0.15) is 34.8 Å². The number of carbonyl (C=O) groups excluding carboxylic acids is 1. The van der Waals surface area contributed by atoms with E-state index < -0.39 is 0 Å². The third kappa shape index (κ3) is 5.13. The van der Waals surface area contributed by atoms with E-state index in [0.29, 0.717) is 12.1 Å². The maximum atomic E-state index is 12.6. The van der Waals surface area contributed by atoms with Crippen LogP contribution in [-0.4, -0.2) is 51.1 Å². The molecule has 1 atom stereocenters. The molecule has 1 aliphatic heterocycles. The molecule has 2 aromatic rings. The summed E-state index contributed by atoms with van der Waals surface area (Å²) in [6.45, 7) is 3.23. The highest BCUT2D eigenvalue weighted by molar-refractivity contribution is 9.10. The Morgan fingerprint density at radius 1 is 1.11 bits per heavy atom. The van der Waals surface area contributed by atoms with Gasteiger partial charge in [0.05, 0.1) is 25.2 Å². The normalized spacial score (nSPS) is 15.4. The number of methoxy groups -OCH3 is 2. The summed E-state index contributed by atoms with van der Waals surface area (Å²) >= 11 is 3.44. The van der Waals surface area contributed by atoms with Gasteiger partial charge in [-0.1, -0.05) is 12.1 Å². The number of likely N-dealkylation sites (tertiary alicyclic amines) is 1. The number of Topliss-reactive ketones (excluding diaryl/α,β-unsaturated/α-hetero) is 1. The number of nitrogens with one attached hydrogen (secondary N) is 1. The number of benzene rings is 2. The molecule has 2 aromatic carbocycles. The average Bonchev–Trinajstić information content (AvgIpc) is 3.25. The number of halogens is 1. The summed E-state index contributed by atoms with van der Waals surface area (Å²) < 4.78 is 11.3. The summed E-state index contributed by atoms with van der Waals surface area (Å²) in [7, 11) is 3.29. The molecule has 6 heteroatoms. The first-order chi connectivity index (χ1) is 13.6. The topological polar surface area (TPSA) is 50.8 Å². The van der Waals surface area contributed by atoms with Crippen LogP contribution in [0.3, 0.4) is 0 Å². The molecule has 5 nitrogen and oxygen atoms in total. The van der Waals surface area contributed by atoms with Gasteiger partial charge in [0.25, 0.3) is 0 Å². The fraction of sp³-hybridized carbons (Fsp3) is 0.409. The minimum absolute atomic E-state index is 0.0678. The predicted octanol–water partition coefficient (Wildman–Crippen LogP) is 4.08. The molecule has 150 valence electrons. The van der Waals surface area contributed by atoms with Crippen molar-refractivity contribution in [3.05, 3.63) is 58.1 Å². The molecule has 1 aliphatic rings. The first kappa shape index (κ1) is 20.8. The molecule has 0 saturated carbocycles. The van der Waals surface area contributed by atoms with Crippen LogP contribution in [0.25, 0.3) is 0 Å². The number of ether oxygens (including phenoxy) is 2. The van der Waals surface area contributed by atoms with E-state index in [9.17, 15) is 4.79 Å². The van der Waals surface area contributed by atoms with Gasteiger partial charge in [-0.2, -0.15) is 0 Å². The minimum Gasteiger partial charge on any atom is -0.497 e. The van der Waals surface area contributed by atoms with Crippen molar-refractivity contribution < 1.29 is 14.3 Å². The fourth-order valence-electron chi connectivity index (χ4n) is 3.60.